The lowest BCUT2D eigenvalue weighted by molar-refractivity contribution is -0.142. The summed E-state index contributed by atoms with van der Waals surface area (Å²) in [6, 6.07) is 8.27. The van der Waals surface area contributed by atoms with Crippen LogP contribution in [0.2, 0.25) is 0 Å². The number of thiazole rings is 1. The Morgan fingerprint density at radius 2 is 1.64 bits per heavy atom. The monoisotopic (exact) mass is 645 g/mol. The Balaban J connectivity index is 1.51. The second-order valence-corrected chi connectivity index (χ2v) is 14.2. The quantitative estimate of drug-likeness (QED) is 0.190. The number of nitrogens with zero attached hydrogens (tertiary/aromatic N) is 3. The van der Waals surface area contributed by atoms with Crippen LogP contribution in [0, 0.1) is 23.4 Å². The van der Waals surface area contributed by atoms with Crippen LogP contribution in [-0.2, 0) is 20.2 Å². The van der Waals surface area contributed by atoms with Gasteiger partial charge in [0, 0.05) is 23.2 Å². The zero-order chi connectivity index (χ0) is 31.8. The first kappa shape index (κ1) is 31.4. The molecule has 0 spiro atoms. The summed E-state index contributed by atoms with van der Waals surface area (Å²) in [5.41, 5.74) is -0.317. The number of hydrogen-bond acceptors (Lipinski definition) is 8. The third-order valence-electron chi connectivity index (χ3n) is 7.25. The molecule has 14 heteroatoms. The van der Waals surface area contributed by atoms with Crippen LogP contribution in [0.1, 0.15) is 51.5 Å². The zero-order valence-corrected chi connectivity index (χ0v) is 25.7. The normalized spacial score (nSPS) is 17.3. The molecule has 0 amide bonds. The molecule has 0 unspecified atom stereocenters. The molecule has 44 heavy (non-hydrogen) atoms. The molecule has 2 aromatic carbocycles. The van der Waals surface area contributed by atoms with Gasteiger partial charge in [-0.3, -0.25) is 9.52 Å². The molecule has 1 saturated carbocycles. The Hall–Kier alpha value is -4.04. The topological polar surface area (TPSA) is 134 Å². The van der Waals surface area contributed by atoms with E-state index in [0.717, 1.165) is 24.3 Å². The van der Waals surface area contributed by atoms with Gasteiger partial charge in [-0.05, 0) is 56.0 Å². The lowest BCUT2D eigenvalue weighted by Gasteiger charge is -2.26. The summed E-state index contributed by atoms with van der Waals surface area (Å²) >= 11 is 1.30. The van der Waals surface area contributed by atoms with Crippen molar-refractivity contribution in [1.82, 2.24) is 15.0 Å². The van der Waals surface area contributed by atoms with E-state index in [1.54, 1.807) is 12.3 Å². The molecule has 1 fully saturated rings. The van der Waals surface area contributed by atoms with Crippen molar-refractivity contribution in [2.45, 2.75) is 62.8 Å². The van der Waals surface area contributed by atoms with E-state index >= 15 is 4.39 Å². The molecule has 1 aliphatic rings. The maximum absolute atomic E-state index is 16.0. The van der Waals surface area contributed by atoms with Crippen molar-refractivity contribution in [3.8, 4) is 21.8 Å². The second kappa shape index (κ2) is 12.2. The summed E-state index contributed by atoms with van der Waals surface area (Å²) < 4.78 is 72.4. The highest BCUT2D eigenvalue weighted by Crippen LogP contribution is 2.42. The van der Waals surface area contributed by atoms with Crippen molar-refractivity contribution < 1.29 is 31.5 Å². The minimum atomic E-state index is -4.82. The molecule has 3 N–H and O–H groups in total. The molecule has 0 saturated heterocycles. The number of benzene rings is 2. The van der Waals surface area contributed by atoms with E-state index in [2.05, 4.69) is 15.3 Å². The summed E-state index contributed by atoms with van der Waals surface area (Å²) in [5.74, 6) is -4.44. The van der Waals surface area contributed by atoms with Crippen LogP contribution in [0.5, 0.6) is 0 Å². The number of nitrogens with one attached hydrogen (secondary N) is 2. The maximum atomic E-state index is 16.0. The molecule has 0 radical (unpaired) electrons. The predicted molar refractivity (Wildman–Crippen MR) is 161 cm³/mol. The van der Waals surface area contributed by atoms with Gasteiger partial charge in [0.25, 0.3) is 10.0 Å². The van der Waals surface area contributed by atoms with Crippen molar-refractivity contribution in [3.05, 3.63) is 71.1 Å². The highest BCUT2D eigenvalue weighted by molar-refractivity contribution is 7.92. The number of anilines is 2. The van der Waals surface area contributed by atoms with E-state index in [1.807, 2.05) is 25.5 Å². The first-order chi connectivity index (χ1) is 20.7. The van der Waals surface area contributed by atoms with Gasteiger partial charge in [0.15, 0.2) is 10.7 Å². The second-order valence-electron chi connectivity index (χ2n) is 11.6. The number of aliphatic carboxylic acids is 1. The number of rotatable bonds is 8. The SMILES string of the molecule is CC(C)(C)c1nc(-c2cccc(NS(=O)(=O)c3c(F)cccc3F)c2F)c(-c2ccnc(N[C@H]3CC[C@@H](C(=O)O)CC3)n2)s1. The molecule has 0 atom stereocenters. The first-order valence-corrected chi connectivity index (χ1v) is 16.1. The molecular formula is C30H30F3N5O4S2. The summed E-state index contributed by atoms with van der Waals surface area (Å²) in [6.07, 6.45) is 3.94. The van der Waals surface area contributed by atoms with Gasteiger partial charge in [-0.15, -0.1) is 11.3 Å². The van der Waals surface area contributed by atoms with Gasteiger partial charge in [-0.1, -0.05) is 32.9 Å². The summed E-state index contributed by atoms with van der Waals surface area (Å²) in [5, 5.41) is 13.2. The average molecular weight is 646 g/mol. The van der Waals surface area contributed by atoms with Gasteiger partial charge < -0.3 is 10.4 Å². The van der Waals surface area contributed by atoms with Gasteiger partial charge in [0.1, 0.15) is 11.6 Å². The lowest BCUT2D eigenvalue weighted by atomic mass is 9.86. The standard InChI is InChI=1S/C30H30F3N5O4S2/c1-30(2,3)28-37-24(18-6-4-9-21(23(18)33)38-44(41,42)26-19(31)7-5-8-20(26)32)25(43-28)22-14-15-34-29(36-22)35-17-12-10-16(11-13-17)27(39)40/h4-9,14-17,38H,10-13H2,1-3H3,(H,39,40)(H,34,35,36)/t16-,17+. The first-order valence-electron chi connectivity index (χ1n) is 13.8. The van der Waals surface area contributed by atoms with Crippen molar-refractivity contribution in [2.75, 3.05) is 10.0 Å². The highest BCUT2D eigenvalue weighted by Gasteiger charge is 2.30. The fraction of sp³-hybridized carbons (Fsp3) is 0.333. The van der Waals surface area contributed by atoms with Gasteiger partial charge in [0.2, 0.25) is 5.95 Å². The summed E-state index contributed by atoms with van der Waals surface area (Å²) in [4.78, 5) is 24.3. The average Bonchev–Trinajstić information content (AvgIpc) is 3.40. The van der Waals surface area contributed by atoms with Crippen LogP contribution in [0.25, 0.3) is 21.8 Å². The van der Waals surface area contributed by atoms with Crippen molar-refractivity contribution >= 4 is 39.0 Å². The van der Waals surface area contributed by atoms with E-state index < -0.39 is 49.4 Å². The van der Waals surface area contributed by atoms with Gasteiger partial charge >= 0.3 is 5.97 Å². The highest BCUT2D eigenvalue weighted by atomic mass is 32.2. The van der Waals surface area contributed by atoms with Crippen LogP contribution >= 0.6 is 11.3 Å². The fourth-order valence-corrected chi connectivity index (χ4v) is 7.25. The fourth-order valence-electron chi connectivity index (χ4n) is 4.95. The Morgan fingerprint density at radius 3 is 2.27 bits per heavy atom. The third kappa shape index (κ3) is 6.55. The molecule has 2 aromatic heterocycles. The summed E-state index contributed by atoms with van der Waals surface area (Å²) in [7, 11) is -4.82. The zero-order valence-electron chi connectivity index (χ0n) is 24.1. The lowest BCUT2D eigenvalue weighted by Crippen LogP contribution is -2.29. The number of carbonyl (C=O) groups is 1. The van der Waals surface area contributed by atoms with Crippen molar-refractivity contribution in [2.24, 2.45) is 5.92 Å². The maximum Gasteiger partial charge on any atom is 0.306 e. The Kier molecular flexibility index (Phi) is 8.67. The number of sulfonamides is 1. The molecule has 0 bridgehead atoms. The van der Waals surface area contributed by atoms with Crippen molar-refractivity contribution in [3.63, 3.8) is 0 Å². The van der Waals surface area contributed by atoms with E-state index in [-0.39, 0.29) is 23.2 Å². The van der Waals surface area contributed by atoms with Crippen LogP contribution in [-0.4, -0.2) is 40.5 Å². The van der Waals surface area contributed by atoms with Crippen LogP contribution in [0.3, 0.4) is 0 Å². The minimum Gasteiger partial charge on any atom is -0.481 e. The minimum absolute atomic E-state index is 0.00615. The smallest absolute Gasteiger partial charge is 0.306 e. The summed E-state index contributed by atoms with van der Waals surface area (Å²) in [6.45, 7) is 5.84. The third-order valence-corrected chi connectivity index (χ3v) is 10.2. The largest absolute Gasteiger partial charge is 0.481 e. The molecule has 4 aromatic rings. The Morgan fingerprint density at radius 1 is 0.977 bits per heavy atom. The molecule has 2 heterocycles. The van der Waals surface area contributed by atoms with E-state index in [4.69, 9.17) is 4.98 Å². The van der Waals surface area contributed by atoms with Crippen LogP contribution in [0.4, 0.5) is 24.8 Å². The van der Waals surface area contributed by atoms with Gasteiger partial charge in [-0.25, -0.2) is 36.5 Å². The molecule has 0 aliphatic heterocycles. The Labute approximate surface area is 256 Å². The molecule has 1 aliphatic carbocycles. The molecular weight excluding hydrogens is 615 g/mol. The molecule has 9 nitrogen and oxygen atoms in total. The van der Waals surface area contributed by atoms with E-state index in [0.29, 0.717) is 47.2 Å². The number of carboxylic acid groups (broad SMARTS) is 1. The van der Waals surface area contributed by atoms with Gasteiger partial charge in [0.05, 0.1) is 32.9 Å². The van der Waals surface area contributed by atoms with Crippen LogP contribution in [0.15, 0.2) is 53.6 Å². The van der Waals surface area contributed by atoms with E-state index in [9.17, 15) is 27.1 Å². The number of carboxylic acids is 1. The number of aromatic nitrogens is 3. The van der Waals surface area contributed by atoms with Gasteiger partial charge in [-0.2, -0.15) is 0 Å². The number of halogens is 3. The molecule has 5 rings (SSSR count). The number of hydrogen-bond donors (Lipinski definition) is 3. The molecule has 232 valence electrons. The van der Waals surface area contributed by atoms with E-state index in [1.165, 1.54) is 23.5 Å². The van der Waals surface area contributed by atoms with Crippen LogP contribution < -0.4 is 10.0 Å². The Bertz CT molecular complexity index is 1800. The van der Waals surface area contributed by atoms with Crippen molar-refractivity contribution in [1.29, 1.82) is 0 Å². The predicted octanol–water partition coefficient (Wildman–Crippen LogP) is 6.84.